The Labute approximate surface area is 185 Å². The van der Waals surface area contributed by atoms with Crippen LogP contribution in [0.1, 0.15) is 21.5 Å². The zero-order valence-electron chi connectivity index (χ0n) is 16.0. The van der Waals surface area contributed by atoms with Crippen molar-refractivity contribution < 1.29 is 18.0 Å². The van der Waals surface area contributed by atoms with Crippen LogP contribution in [-0.2, 0) is 6.54 Å². The molecule has 0 saturated heterocycles. The van der Waals surface area contributed by atoms with Gasteiger partial charge in [-0.3, -0.25) is 9.78 Å². The van der Waals surface area contributed by atoms with E-state index in [1.807, 2.05) is 6.92 Å². The lowest BCUT2D eigenvalue weighted by Crippen LogP contribution is -2.13. The summed E-state index contributed by atoms with van der Waals surface area (Å²) in [7, 11) is 0. The van der Waals surface area contributed by atoms with Crippen LogP contribution in [0.15, 0.2) is 48.9 Å². The van der Waals surface area contributed by atoms with Gasteiger partial charge in [0.2, 0.25) is 0 Å². The van der Waals surface area contributed by atoms with E-state index in [0.29, 0.717) is 11.1 Å². The van der Waals surface area contributed by atoms with Crippen molar-refractivity contribution in [3.63, 3.8) is 0 Å². The van der Waals surface area contributed by atoms with Gasteiger partial charge in [0.05, 0.1) is 22.3 Å². The molecule has 1 amide bonds. The van der Waals surface area contributed by atoms with Gasteiger partial charge in [-0.15, -0.1) is 0 Å². The van der Waals surface area contributed by atoms with Crippen molar-refractivity contribution in [1.82, 2.24) is 9.55 Å². The van der Waals surface area contributed by atoms with Crippen molar-refractivity contribution in [2.45, 2.75) is 13.5 Å². The summed E-state index contributed by atoms with van der Waals surface area (Å²) in [6, 6.07) is 7.09. The summed E-state index contributed by atoms with van der Waals surface area (Å²) in [6.07, 6.45) is 4.47. The Balaban J connectivity index is 1.71. The molecule has 0 fully saturated rings. The summed E-state index contributed by atoms with van der Waals surface area (Å²) >= 11 is 12.1. The molecule has 0 radical (unpaired) electrons. The minimum Gasteiger partial charge on any atom is -0.343 e. The number of aryl methyl sites for hydroxylation is 1. The van der Waals surface area contributed by atoms with E-state index in [9.17, 15) is 18.0 Å². The Morgan fingerprint density at radius 1 is 1.06 bits per heavy atom. The van der Waals surface area contributed by atoms with Gasteiger partial charge in [0.15, 0.2) is 17.5 Å². The van der Waals surface area contributed by atoms with Crippen molar-refractivity contribution in [3.8, 4) is 0 Å². The highest BCUT2D eigenvalue weighted by Crippen LogP contribution is 2.30. The van der Waals surface area contributed by atoms with E-state index in [0.717, 1.165) is 17.0 Å². The van der Waals surface area contributed by atoms with Crippen LogP contribution < -0.4 is 5.32 Å². The molecule has 0 aliphatic heterocycles. The van der Waals surface area contributed by atoms with E-state index in [2.05, 4.69) is 10.3 Å². The Kier molecular flexibility index (Phi) is 5.64. The highest BCUT2D eigenvalue weighted by atomic mass is 35.5. The second kappa shape index (κ2) is 8.24. The number of hydrogen-bond acceptors (Lipinski definition) is 2. The predicted octanol–water partition coefficient (Wildman–Crippen LogP) is 6.37. The number of anilines is 1. The Morgan fingerprint density at radius 3 is 2.48 bits per heavy atom. The molecule has 0 bridgehead atoms. The van der Waals surface area contributed by atoms with Crippen LogP contribution in [0.25, 0.3) is 10.9 Å². The maximum Gasteiger partial charge on any atom is 0.255 e. The molecule has 0 unspecified atom stereocenters. The van der Waals surface area contributed by atoms with Crippen LogP contribution in [-0.4, -0.2) is 15.5 Å². The average Bonchev–Trinajstić information content (AvgIpc) is 3.06. The number of carbonyl (C=O) groups is 1. The van der Waals surface area contributed by atoms with Crippen molar-refractivity contribution in [2.75, 3.05) is 5.32 Å². The van der Waals surface area contributed by atoms with Gasteiger partial charge in [-0.1, -0.05) is 35.3 Å². The summed E-state index contributed by atoms with van der Waals surface area (Å²) in [5.41, 5.74) is 2.03. The molecule has 2 aromatic heterocycles. The number of benzene rings is 2. The zero-order chi connectivity index (χ0) is 22.3. The fourth-order valence-corrected chi connectivity index (χ4v) is 3.79. The summed E-state index contributed by atoms with van der Waals surface area (Å²) in [5, 5.41) is 3.87. The van der Waals surface area contributed by atoms with Crippen LogP contribution in [0, 0.1) is 24.4 Å². The molecule has 4 nitrogen and oxygen atoms in total. The van der Waals surface area contributed by atoms with Crippen molar-refractivity contribution in [2.24, 2.45) is 0 Å². The van der Waals surface area contributed by atoms with Gasteiger partial charge < -0.3 is 9.88 Å². The van der Waals surface area contributed by atoms with Crippen LogP contribution in [0.2, 0.25) is 10.0 Å². The van der Waals surface area contributed by atoms with Crippen LogP contribution in [0.5, 0.6) is 0 Å². The summed E-state index contributed by atoms with van der Waals surface area (Å²) in [6.45, 7) is 1.82. The molecule has 2 aromatic carbocycles. The molecule has 1 N–H and O–H groups in total. The number of carbonyl (C=O) groups excluding carboxylic acids is 1. The molecule has 0 saturated carbocycles. The summed E-state index contributed by atoms with van der Waals surface area (Å²) < 4.78 is 42.7. The van der Waals surface area contributed by atoms with Crippen molar-refractivity contribution in [1.29, 1.82) is 0 Å². The molecule has 158 valence electrons. The third kappa shape index (κ3) is 3.98. The maximum atomic E-state index is 14.2. The molecule has 4 aromatic rings. The average molecular weight is 464 g/mol. The quantitative estimate of drug-likeness (QED) is 0.357. The minimum atomic E-state index is -1.52. The highest BCUT2D eigenvalue weighted by Gasteiger charge is 2.17. The van der Waals surface area contributed by atoms with Gasteiger partial charge in [-0.2, -0.15) is 0 Å². The van der Waals surface area contributed by atoms with E-state index in [1.165, 1.54) is 18.5 Å². The number of fused-ring (bicyclic) bond motifs is 1. The van der Waals surface area contributed by atoms with Crippen LogP contribution in [0.3, 0.4) is 0 Å². The van der Waals surface area contributed by atoms with E-state index >= 15 is 0 Å². The number of nitrogens with zero attached hydrogens (tertiary/aromatic N) is 2. The van der Waals surface area contributed by atoms with Gasteiger partial charge in [0.1, 0.15) is 0 Å². The lowest BCUT2D eigenvalue weighted by Gasteiger charge is -2.10. The monoisotopic (exact) mass is 463 g/mol. The molecular weight excluding hydrogens is 450 g/mol. The third-order valence-corrected chi connectivity index (χ3v) is 5.46. The SMILES string of the molecule is Cc1cn(Cc2ccc(F)c(F)c2F)c2cc(C(=O)Nc3c(Cl)cncc3Cl)ccc12. The van der Waals surface area contributed by atoms with E-state index in [4.69, 9.17) is 23.2 Å². The standard InChI is InChI=1S/C22H14Cl2F3N3O/c1-11-9-30(10-13-3-5-17(25)20(27)19(13)26)18-6-12(2-4-14(11)18)22(31)29-21-15(23)7-28-8-16(21)24/h2-9H,10H2,1H3,(H,28,29,31). The summed E-state index contributed by atoms with van der Waals surface area (Å²) in [4.78, 5) is 16.6. The molecule has 9 heteroatoms. The van der Waals surface area contributed by atoms with Crippen LogP contribution >= 0.6 is 23.2 Å². The Bertz CT molecular complexity index is 1320. The number of aromatic nitrogens is 2. The largest absolute Gasteiger partial charge is 0.343 e. The third-order valence-electron chi connectivity index (χ3n) is 4.89. The Morgan fingerprint density at radius 2 is 1.77 bits per heavy atom. The predicted molar refractivity (Wildman–Crippen MR) is 114 cm³/mol. The molecular formula is C22H14Cl2F3N3O. The zero-order valence-corrected chi connectivity index (χ0v) is 17.5. The molecule has 0 aliphatic carbocycles. The van der Waals surface area contributed by atoms with Gasteiger partial charge in [0.25, 0.3) is 5.91 Å². The molecule has 0 spiro atoms. The molecule has 0 atom stereocenters. The van der Waals surface area contributed by atoms with Gasteiger partial charge in [-0.05, 0) is 30.7 Å². The number of nitrogens with one attached hydrogen (secondary N) is 1. The molecule has 0 aliphatic rings. The normalized spacial score (nSPS) is 11.2. The van der Waals surface area contributed by atoms with Gasteiger partial charge in [-0.25, -0.2) is 13.2 Å². The van der Waals surface area contributed by atoms with E-state index in [1.54, 1.807) is 29.0 Å². The number of amides is 1. The van der Waals surface area contributed by atoms with Crippen LogP contribution in [0.4, 0.5) is 18.9 Å². The number of halogens is 5. The topological polar surface area (TPSA) is 46.9 Å². The number of rotatable bonds is 4. The second-order valence-corrected chi connectivity index (χ2v) is 7.75. The first kappa shape index (κ1) is 21.2. The first-order valence-electron chi connectivity index (χ1n) is 9.08. The van der Waals surface area contributed by atoms with Crippen molar-refractivity contribution >= 4 is 45.7 Å². The highest BCUT2D eigenvalue weighted by molar-refractivity contribution is 6.39. The minimum absolute atomic E-state index is 0.0130. The fourth-order valence-electron chi connectivity index (χ4n) is 3.34. The first-order chi connectivity index (χ1) is 14.8. The second-order valence-electron chi connectivity index (χ2n) is 6.94. The fraction of sp³-hybridized carbons (Fsp3) is 0.0909. The van der Waals surface area contributed by atoms with Crippen molar-refractivity contribution in [3.05, 3.63) is 93.1 Å². The molecule has 31 heavy (non-hydrogen) atoms. The smallest absolute Gasteiger partial charge is 0.255 e. The van der Waals surface area contributed by atoms with E-state index in [-0.39, 0.29) is 27.8 Å². The van der Waals surface area contributed by atoms with E-state index < -0.39 is 23.4 Å². The first-order valence-corrected chi connectivity index (χ1v) is 9.84. The summed E-state index contributed by atoms with van der Waals surface area (Å²) in [5.74, 6) is -4.46. The molecule has 4 rings (SSSR count). The van der Waals surface area contributed by atoms with Gasteiger partial charge in [0, 0.05) is 40.6 Å². The number of pyridine rings is 1. The molecule has 2 heterocycles. The Hall–Kier alpha value is -3.03. The lowest BCUT2D eigenvalue weighted by atomic mass is 10.1. The maximum absolute atomic E-state index is 14.2. The van der Waals surface area contributed by atoms with Gasteiger partial charge >= 0.3 is 0 Å². The lowest BCUT2D eigenvalue weighted by molar-refractivity contribution is 0.102. The number of hydrogen-bond donors (Lipinski definition) is 1.